The van der Waals surface area contributed by atoms with E-state index in [0.717, 1.165) is 18.6 Å². The average molecular weight is 218 g/mol. The van der Waals surface area contributed by atoms with Gasteiger partial charge in [-0.15, -0.1) is 0 Å². The molecule has 1 N–H and O–H groups in total. The molecule has 0 spiro atoms. The fourth-order valence-electron chi connectivity index (χ4n) is 1.88. The summed E-state index contributed by atoms with van der Waals surface area (Å²) in [7, 11) is 1.38. The predicted molar refractivity (Wildman–Crippen MR) is 57.3 cm³/mol. The number of carbonyl (C=O) groups excluding carboxylic acids is 1. The second-order valence-electron chi connectivity index (χ2n) is 4.29. The van der Waals surface area contributed by atoms with Gasteiger partial charge in [-0.3, -0.25) is 4.79 Å². The van der Waals surface area contributed by atoms with Gasteiger partial charge in [0.15, 0.2) is 0 Å². The van der Waals surface area contributed by atoms with Crippen LogP contribution in [0.15, 0.2) is 0 Å². The Morgan fingerprint density at radius 1 is 1.57 bits per heavy atom. The molecule has 1 aliphatic rings. The van der Waals surface area contributed by atoms with Gasteiger partial charge in [-0.2, -0.15) is 11.8 Å². The first-order valence-corrected chi connectivity index (χ1v) is 5.98. The van der Waals surface area contributed by atoms with E-state index in [0.29, 0.717) is 5.75 Å². The Hall–Kier alpha value is -0.220. The van der Waals surface area contributed by atoms with Crippen LogP contribution >= 0.6 is 11.8 Å². The van der Waals surface area contributed by atoms with E-state index in [4.69, 9.17) is 4.74 Å². The Kier molecular flexibility index (Phi) is 3.48. The molecule has 1 heterocycles. The van der Waals surface area contributed by atoms with Crippen molar-refractivity contribution in [1.29, 1.82) is 0 Å². The lowest BCUT2D eigenvalue weighted by molar-refractivity contribution is -0.167. The molecule has 1 rings (SSSR count). The van der Waals surface area contributed by atoms with Crippen molar-refractivity contribution in [2.45, 2.75) is 32.3 Å². The van der Waals surface area contributed by atoms with E-state index in [1.807, 2.05) is 0 Å². The number of hydrogen-bond acceptors (Lipinski definition) is 4. The van der Waals surface area contributed by atoms with Crippen LogP contribution in [0.5, 0.6) is 0 Å². The molecule has 0 aromatic heterocycles. The van der Waals surface area contributed by atoms with Gasteiger partial charge in [0.05, 0.1) is 12.7 Å². The van der Waals surface area contributed by atoms with Crippen LogP contribution in [0.25, 0.3) is 0 Å². The third kappa shape index (κ3) is 1.91. The van der Waals surface area contributed by atoms with Crippen molar-refractivity contribution in [2.24, 2.45) is 5.41 Å². The molecule has 0 bridgehead atoms. The van der Waals surface area contributed by atoms with Crippen LogP contribution in [0.4, 0.5) is 0 Å². The van der Waals surface area contributed by atoms with Gasteiger partial charge in [-0.25, -0.2) is 0 Å². The molecule has 1 fully saturated rings. The lowest BCUT2D eigenvalue weighted by atomic mass is 9.72. The minimum absolute atomic E-state index is 0.280. The monoisotopic (exact) mass is 218 g/mol. The zero-order valence-corrected chi connectivity index (χ0v) is 9.82. The molecule has 1 saturated heterocycles. The summed E-state index contributed by atoms with van der Waals surface area (Å²) in [5.41, 5.74) is -1.72. The van der Waals surface area contributed by atoms with Gasteiger partial charge >= 0.3 is 5.97 Å². The maximum atomic E-state index is 11.7. The van der Waals surface area contributed by atoms with Crippen LogP contribution in [-0.4, -0.2) is 35.3 Å². The Labute approximate surface area is 89.2 Å². The minimum Gasteiger partial charge on any atom is -0.468 e. The van der Waals surface area contributed by atoms with E-state index < -0.39 is 11.0 Å². The van der Waals surface area contributed by atoms with Crippen molar-refractivity contribution in [2.75, 3.05) is 18.6 Å². The second-order valence-corrected chi connectivity index (χ2v) is 5.39. The third-order valence-corrected chi connectivity index (χ3v) is 4.26. The molecule has 0 amide bonds. The summed E-state index contributed by atoms with van der Waals surface area (Å²) in [6.07, 6.45) is 1.68. The number of hydrogen-bond donors (Lipinski definition) is 1. The van der Waals surface area contributed by atoms with E-state index in [1.165, 1.54) is 7.11 Å². The van der Waals surface area contributed by atoms with E-state index in [-0.39, 0.29) is 5.97 Å². The molecule has 3 nitrogen and oxygen atoms in total. The summed E-state index contributed by atoms with van der Waals surface area (Å²) in [5.74, 6) is 1.44. The minimum atomic E-state index is -1.01. The van der Waals surface area contributed by atoms with Crippen LogP contribution in [0, 0.1) is 5.41 Å². The molecule has 0 radical (unpaired) electrons. The number of aliphatic hydroxyl groups is 1. The first-order valence-electron chi connectivity index (χ1n) is 4.82. The van der Waals surface area contributed by atoms with Gasteiger partial charge in [0, 0.05) is 5.75 Å². The van der Waals surface area contributed by atoms with Crippen molar-refractivity contribution in [3.05, 3.63) is 0 Å². The molecule has 1 atom stereocenters. The number of carbonyl (C=O) groups is 1. The molecule has 14 heavy (non-hydrogen) atoms. The van der Waals surface area contributed by atoms with Gasteiger partial charge in [-0.05, 0) is 32.4 Å². The Morgan fingerprint density at radius 3 is 2.57 bits per heavy atom. The fourth-order valence-corrected chi connectivity index (χ4v) is 3.34. The van der Waals surface area contributed by atoms with Crippen molar-refractivity contribution < 1.29 is 14.6 Å². The summed E-state index contributed by atoms with van der Waals surface area (Å²) < 4.78 is 4.81. The average Bonchev–Trinajstić information content (AvgIpc) is 2.16. The first-order chi connectivity index (χ1) is 6.44. The molecule has 0 aromatic carbocycles. The summed E-state index contributed by atoms with van der Waals surface area (Å²) in [4.78, 5) is 11.7. The first kappa shape index (κ1) is 11.9. The van der Waals surface area contributed by atoms with E-state index in [2.05, 4.69) is 0 Å². The number of ether oxygens (including phenoxy) is 1. The largest absolute Gasteiger partial charge is 0.468 e. The fraction of sp³-hybridized carbons (Fsp3) is 0.900. The van der Waals surface area contributed by atoms with Crippen LogP contribution < -0.4 is 0 Å². The molecular formula is C10H18O3S. The van der Waals surface area contributed by atoms with Crippen molar-refractivity contribution in [3.8, 4) is 0 Å². The van der Waals surface area contributed by atoms with Gasteiger partial charge in [0.25, 0.3) is 0 Å². The van der Waals surface area contributed by atoms with Gasteiger partial charge in [0.1, 0.15) is 5.41 Å². The predicted octanol–water partition coefficient (Wildman–Crippen LogP) is 1.44. The second kappa shape index (κ2) is 4.11. The quantitative estimate of drug-likeness (QED) is 0.712. The summed E-state index contributed by atoms with van der Waals surface area (Å²) in [5, 5.41) is 10.1. The normalized spacial score (nSPS) is 28.6. The van der Waals surface area contributed by atoms with Gasteiger partial charge < -0.3 is 9.84 Å². The number of rotatable bonds is 2. The highest BCUT2D eigenvalue weighted by atomic mass is 32.2. The Balaban J connectivity index is 2.94. The highest BCUT2D eigenvalue weighted by molar-refractivity contribution is 7.99. The molecule has 1 unspecified atom stereocenters. The van der Waals surface area contributed by atoms with Crippen LogP contribution in [-0.2, 0) is 9.53 Å². The van der Waals surface area contributed by atoms with Crippen LogP contribution in [0.2, 0.25) is 0 Å². The highest BCUT2D eigenvalue weighted by Gasteiger charge is 2.51. The standard InChI is InChI=1S/C10H18O3S/c1-9(2,12)10(8(11)13-3)5-4-6-14-7-10/h12H,4-7H2,1-3H3. The summed E-state index contributed by atoms with van der Waals surface area (Å²) in [6, 6.07) is 0. The van der Waals surface area contributed by atoms with E-state index in [9.17, 15) is 9.90 Å². The zero-order valence-electron chi connectivity index (χ0n) is 9.00. The van der Waals surface area contributed by atoms with Crippen molar-refractivity contribution >= 4 is 17.7 Å². The lowest BCUT2D eigenvalue weighted by Gasteiger charge is -2.42. The summed E-state index contributed by atoms with van der Waals surface area (Å²) >= 11 is 1.71. The lowest BCUT2D eigenvalue weighted by Crippen LogP contribution is -2.53. The molecule has 0 aromatic rings. The topological polar surface area (TPSA) is 46.5 Å². The Morgan fingerprint density at radius 2 is 2.21 bits per heavy atom. The van der Waals surface area contributed by atoms with Crippen LogP contribution in [0.1, 0.15) is 26.7 Å². The Bertz CT molecular complexity index is 214. The number of methoxy groups -OCH3 is 1. The SMILES string of the molecule is COC(=O)C1(C(C)(C)O)CCCSC1. The van der Waals surface area contributed by atoms with Gasteiger partial charge in [-0.1, -0.05) is 0 Å². The van der Waals surface area contributed by atoms with Crippen molar-refractivity contribution in [3.63, 3.8) is 0 Å². The van der Waals surface area contributed by atoms with Crippen LogP contribution in [0.3, 0.4) is 0 Å². The molecule has 0 saturated carbocycles. The maximum Gasteiger partial charge on any atom is 0.315 e. The molecule has 4 heteroatoms. The summed E-state index contributed by atoms with van der Waals surface area (Å²) in [6.45, 7) is 3.38. The van der Waals surface area contributed by atoms with Crippen molar-refractivity contribution in [1.82, 2.24) is 0 Å². The van der Waals surface area contributed by atoms with E-state index in [1.54, 1.807) is 25.6 Å². The third-order valence-electron chi connectivity index (χ3n) is 2.99. The van der Waals surface area contributed by atoms with E-state index >= 15 is 0 Å². The molecule has 82 valence electrons. The molecule has 1 aliphatic heterocycles. The molecule has 0 aliphatic carbocycles. The number of thioether (sulfide) groups is 1. The number of esters is 1. The highest BCUT2D eigenvalue weighted by Crippen LogP contribution is 2.43. The molecular weight excluding hydrogens is 200 g/mol. The zero-order chi connectivity index (χ0) is 10.8. The smallest absolute Gasteiger partial charge is 0.315 e. The maximum absolute atomic E-state index is 11.7. The van der Waals surface area contributed by atoms with Gasteiger partial charge in [0.2, 0.25) is 0 Å².